The number of hydrogen-bond donors (Lipinski definition) is 1. The lowest BCUT2D eigenvalue weighted by molar-refractivity contribution is -0.912. The number of aliphatic carboxylic acids is 1. The molecule has 2 unspecified atom stereocenters. The van der Waals surface area contributed by atoms with Crippen molar-refractivity contribution in [1.82, 2.24) is 0 Å². The number of hydrogen-bond acceptors (Lipinski definition) is 2. The van der Waals surface area contributed by atoms with E-state index in [4.69, 9.17) is 9.90 Å². The van der Waals surface area contributed by atoms with Crippen LogP contribution in [0.1, 0.15) is 91.4 Å². The number of likely N-dealkylation sites (tertiary alicyclic amines) is 1. The number of quaternary nitrogens is 1. The van der Waals surface area contributed by atoms with Crippen LogP contribution in [-0.2, 0) is 4.79 Å². The molecule has 0 aromatic carbocycles. The second-order valence-corrected chi connectivity index (χ2v) is 6.40. The molecule has 0 radical (unpaired) electrons. The molecule has 1 aliphatic rings. The van der Waals surface area contributed by atoms with Gasteiger partial charge in [-0.2, -0.15) is 0 Å². The number of carbonyl (C=O) groups is 1. The van der Waals surface area contributed by atoms with Gasteiger partial charge >= 0.3 is 0 Å². The number of rotatable bonds is 10. The molecule has 1 fully saturated rings. The summed E-state index contributed by atoms with van der Waals surface area (Å²) in [5.74, 6) is -1.08. The van der Waals surface area contributed by atoms with Crippen molar-refractivity contribution in [3.63, 3.8) is 0 Å². The molecule has 0 saturated carbocycles. The van der Waals surface area contributed by atoms with Crippen LogP contribution in [-0.4, -0.2) is 25.1 Å². The van der Waals surface area contributed by atoms with E-state index < -0.39 is 5.97 Å². The highest BCUT2D eigenvalue weighted by Gasteiger charge is 2.26. The number of carboxylic acids is 1. The first-order chi connectivity index (χ1) is 10.1. The monoisotopic (exact) mass is 299 g/mol. The minimum Gasteiger partial charge on any atom is -0.550 e. The summed E-state index contributed by atoms with van der Waals surface area (Å²) in [6.45, 7) is 8.52. The van der Waals surface area contributed by atoms with Crippen molar-refractivity contribution in [3.05, 3.63) is 0 Å². The molecule has 1 rings (SSSR count). The minimum atomic E-state index is -1.08. The van der Waals surface area contributed by atoms with Gasteiger partial charge in [0.2, 0.25) is 0 Å². The molecule has 2 atom stereocenters. The molecule has 0 aromatic rings. The summed E-state index contributed by atoms with van der Waals surface area (Å²) in [4.78, 5) is 10.8. The van der Waals surface area contributed by atoms with Gasteiger partial charge < -0.3 is 14.8 Å². The van der Waals surface area contributed by atoms with E-state index in [1.165, 1.54) is 83.7 Å². The minimum absolute atomic E-state index is 0.972. The summed E-state index contributed by atoms with van der Waals surface area (Å²) < 4.78 is 0. The molecule has 0 amide bonds. The lowest BCUT2D eigenvalue weighted by Gasteiger charge is -2.21. The maximum Gasteiger partial charge on any atom is 0.0876 e. The van der Waals surface area contributed by atoms with Gasteiger partial charge in [0.05, 0.1) is 19.1 Å². The maximum atomic E-state index is 8.89. The summed E-state index contributed by atoms with van der Waals surface area (Å²) in [5.41, 5.74) is 0. The van der Waals surface area contributed by atoms with E-state index in [0.717, 1.165) is 13.0 Å². The Hall–Kier alpha value is -0.570. The Morgan fingerprint density at radius 2 is 1.62 bits per heavy atom. The van der Waals surface area contributed by atoms with Gasteiger partial charge in [-0.05, 0) is 26.2 Å². The normalized spacial score (nSPS) is 20.9. The number of nitrogens with one attached hydrogen (secondary N) is 1. The van der Waals surface area contributed by atoms with E-state index in [0.29, 0.717) is 0 Å². The second kappa shape index (κ2) is 14.4. The average Bonchev–Trinajstić information content (AvgIpc) is 2.85. The molecular formula is C18H37NO2. The van der Waals surface area contributed by atoms with Gasteiger partial charge in [-0.1, -0.05) is 52.4 Å². The van der Waals surface area contributed by atoms with Crippen molar-refractivity contribution in [3.8, 4) is 0 Å². The summed E-state index contributed by atoms with van der Waals surface area (Å²) in [7, 11) is 0. The molecule has 126 valence electrons. The highest BCUT2D eigenvalue weighted by atomic mass is 16.4. The first-order valence-corrected chi connectivity index (χ1v) is 9.13. The van der Waals surface area contributed by atoms with Crippen molar-refractivity contribution < 1.29 is 14.8 Å². The van der Waals surface area contributed by atoms with Gasteiger partial charge in [0.15, 0.2) is 0 Å². The van der Waals surface area contributed by atoms with Crippen LogP contribution in [0.2, 0.25) is 0 Å². The third-order valence-corrected chi connectivity index (χ3v) is 4.37. The van der Waals surface area contributed by atoms with Gasteiger partial charge in [0.25, 0.3) is 0 Å². The first-order valence-electron chi connectivity index (χ1n) is 9.13. The van der Waals surface area contributed by atoms with Crippen LogP contribution in [0, 0.1) is 0 Å². The molecule has 0 spiro atoms. The first kappa shape index (κ1) is 20.4. The topological polar surface area (TPSA) is 44.6 Å². The van der Waals surface area contributed by atoms with Crippen LogP contribution < -0.4 is 10.0 Å². The zero-order chi connectivity index (χ0) is 15.9. The van der Waals surface area contributed by atoms with E-state index in [-0.39, 0.29) is 0 Å². The Labute approximate surface area is 132 Å². The standard InChI is InChI=1S/C16H33N.C2H4O2/c1-3-5-6-7-8-9-10-14-17-15-11-13-16(17)12-4-2;1-2(3)4/h16H,3-15H2,1-2H3;1H3,(H,3,4). The van der Waals surface area contributed by atoms with E-state index in [1.54, 1.807) is 0 Å². The van der Waals surface area contributed by atoms with Crippen LogP contribution in [0.3, 0.4) is 0 Å². The quantitative estimate of drug-likeness (QED) is 0.629. The van der Waals surface area contributed by atoms with E-state index in [1.807, 2.05) is 4.90 Å². The van der Waals surface area contributed by atoms with Crippen LogP contribution in [0.5, 0.6) is 0 Å². The molecule has 0 bridgehead atoms. The van der Waals surface area contributed by atoms with Crippen molar-refractivity contribution in [1.29, 1.82) is 0 Å². The lowest BCUT2D eigenvalue weighted by atomic mass is 10.1. The van der Waals surface area contributed by atoms with Crippen molar-refractivity contribution in [2.75, 3.05) is 13.1 Å². The van der Waals surface area contributed by atoms with E-state index in [2.05, 4.69) is 13.8 Å². The zero-order valence-corrected chi connectivity index (χ0v) is 14.6. The van der Waals surface area contributed by atoms with Crippen LogP contribution in [0.15, 0.2) is 0 Å². The van der Waals surface area contributed by atoms with Gasteiger partial charge in [-0.25, -0.2) is 0 Å². The van der Waals surface area contributed by atoms with Crippen molar-refractivity contribution in [2.24, 2.45) is 0 Å². The largest absolute Gasteiger partial charge is 0.550 e. The van der Waals surface area contributed by atoms with Crippen molar-refractivity contribution in [2.45, 2.75) is 97.4 Å². The predicted octanol–water partition coefficient (Wildman–Crippen LogP) is 2.34. The van der Waals surface area contributed by atoms with Gasteiger partial charge in [0.1, 0.15) is 0 Å². The second-order valence-electron chi connectivity index (χ2n) is 6.40. The summed E-state index contributed by atoms with van der Waals surface area (Å²) in [5, 5.41) is 8.89. The molecule has 3 nitrogen and oxygen atoms in total. The van der Waals surface area contributed by atoms with Crippen molar-refractivity contribution >= 4 is 5.97 Å². The lowest BCUT2D eigenvalue weighted by Crippen LogP contribution is -3.13. The van der Waals surface area contributed by atoms with Crippen LogP contribution in [0.25, 0.3) is 0 Å². The highest BCUT2D eigenvalue weighted by Crippen LogP contribution is 2.08. The Morgan fingerprint density at radius 3 is 2.19 bits per heavy atom. The summed E-state index contributed by atoms with van der Waals surface area (Å²) in [6, 6.07) is 1.01. The predicted molar refractivity (Wildman–Crippen MR) is 87.3 cm³/mol. The average molecular weight is 299 g/mol. The van der Waals surface area contributed by atoms with Gasteiger partial charge in [-0.3, -0.25) is 0 Å². The third kappa shape index (κ3) is 12.9. The summed E-state index contributed by atoms with van der Waals surface area (Å²) >= 11 is 0. The fourth-order valence-corrected chi connectivity index (χ4v) is 3.32. The fraction of sp³-hybridized carbons (Fsp3) is 0.944. The SMILES string of the molecule is CC(=O)[O-].CCCCCCCCC[NH+]1CCCC1CCC. The molecular weight excluding hydrogens is 262 g/mol. The molecule has 21 heavy (non-hydrogen) atoms. The Morgan fingerprint density at radius 1 is 1.05 bits per heavy atom. The highest BCUT2D eigenvalue weighted by molar-refractivity contribution is 5.60. The number of carbonyl (C=O) groups excluding carboxylic acids is 1. The Balaban J connectivity index is 0.000000885. The summed E-state index contributed by atoms with van der Waals surface area (Å²) in [6.07, 6.45) is 16.0. The fourth-order valence-electron chi connectivity index (χ4n) is 3.32. The molecule has 0 aromatic heterocycles. The van der Waals surface area contributed by atoms with Gasteiger partial charge in [-0.15, -0.1) is 0 Å². The smallest absolute Gasteiger partial charge is 0.0876 e. The van der Waals surface area contributed by atoms with E-state index in [9.17, 15) is 0 Å². The van der Waals surface area contributed by atoms with Gasteiger partial charge in [0, 0.05) is 18.8 Å². The zero-order valence-electron chi connectivity index (χ0n) is 14.6. The molecule has 1 N–H and O–H groups in total. The number of unbranched alkanes of at least 4 members (excludes halogenated alkanes) is 6. The molecule has 1 saturated heterocycles. The molecule has 0 aliphatic carbocycles. The van der Waals surface area contributed by atoms with Crippen LogP contribution >= 0.6 is 0 Å². The molecule has 3 heteroatoms. The van der Waals surface area contributed by atoms with Crippen LogP contribution in [0.4, 0.5) is 0 Å². The Kier molecular flexibility index (Phi) is 14.0. The molecule has 1 heterocycles. The maximum absolute atomic E-state index is 8.89. The number of carboxylic acid groups (broad SMARTS) is 1. The Bertz CT molecular complexity index is 239. The molecule has 1 aliphatic heterocycles. The third-order valence-electron chi connectivity index (χ3n) is 4.37. The van der Waals surface area contributed by atoms with E-state index >= 15 is 0 Å².